The molecule has 0 aliphatic heterocycles. The van der Waals surface area contributed by atoms with Crippen molar-refractivity contribution in [1.82, 2.24) is 0 Å². The molecule has 0 heterocycles. The second-order valence-electron chi connectivity index (χ2n) is 4.36. The van der Waals surface area contributed by atoms with Crippen molar-refractivity contribution < 1.29 is 15.0 Å². The first kappa shape index (κ1) is 11.3. The fourth-order valence-corrected chi connectivity index (χ4v) is 2.34. The van der Waals surface area contributed by atoms with Crippen LogP contribution in [0, 0.1) is 6.92 Å². The summed E-state index contributed by atoms with van der Waals surface area (Å²) in [6.07, 6.45) is 2.00. The lowest BCUT2D eigenvalue weighted by Crippen LogP contribution is -2.42. The number of phenols is 1. The normalized spacial score (nSPS) is 17.9. The smallest absolute Gasteiger partial charge is 0.314 e. The van der Waals surface area contributed by atoms with Gasteiger partial charge in [-0.1, -0.05) is 18.0 Å². The number of carboxylic acids is 1. The number of halogens is 1. The molecule has 3 nitrogen and oxygen atoms in total. The van der Waals surface area contributed by atoms with Crippen LogP contribution in [-0.4, -0.2) is 16.2 Å². The van der Waals surface area contributed by atoms with Crippen LogP contribution in [0.15, 0.2) is 12.1 Å². The third-order valence-electron chi connectivity index (χ3n) is 3.41. The molecule has 0 spiro atoms. The van der Waals surface area contributed by atoms with Crippen LogP contribution in [0.1, 0.15) is 30.4 Å². The number of carbonyl (C=O) groups is 1. The standard InChI is InChI=1S/C12H13ClO3/c1-7-5-10(14)8(6-9(7)13)12(11(15)16)3-2-4-12/h5-6,14H,2-4H2,1H3,(H,15,16). The average Bonchev–Trinajstić information content (AvgIpc) is 2.11. The van der Waals surface area contributed by atoms with Crippen molar-refractivity contribution in [2.24, 2.45) is 0 Å². The minimum atomic E-state index is -0.929. The molecule has 0 atom stereocenters. The summed E-state index contributed by atoms with van der Waals surface area (Å²) in [7, 11) is 0. The predicted octanol–water partition coefficient (Wildman–Crippen LogP) is 2.86. The lowest BCUT2D eigenvalue weighted by molar-refractivity contribution is -0.147. The Bertz CT molecular complexity index is 450. The number of aryl methyl sites for hydroxylation is 1. The molecule has 1 aliphatic carbocycles. The fourth-order valence-electron chi connectivity index (χ4n) is 2.18. The van der Waals surface area contributed by atoms with Crippen molar-refractivity contribution in [2.75, 3.05) is 0 Å². The summed E-state index contributed by atoms with van der Waals surface area (Å²) in [5, 5.41) is 19.6. The number of benzene rings is 1. The van der Waals surface area contributed by atoms with Gasteiger partial charge >= 0.3 is 5.97 Å². The lowest BCUT2D eigenvalue weighted by Gasteiger charge is -2.38. The number of aromatic hydroxyl groups is 1. The van der Waals surface area contributed by atoms with Crippen LogP contribution >= 0.6 is 11.6 Å². The Morgan fingerprint density at radius 3 is 2.50 bits per heavy atom. The highest BCUT2D eigenvalue weighted by atomic mass is 35.5. The van der Waals surface area contributed by atoms with Gasteiger partial charge in [-0.25, -0.2) is 0 Å². The van der Waals surface area contributed by atoms with Gasteiger partial charge < -0.3 is 10.2 Å². The van der Waals surface area contributed by atoms with Crippen LogP contribution in [0.4, 0.5) is 0 Å². The summed E-state index contributed by atoms with van der Waals surface area (Å²) in [6, 6.07) is 3.11. The largest absolute Gasteiger partial charge is 0.508 e. The molecular formula is C12H13ClO3. The first-order chi connectivity index (χ1) is 7.47. The van der Waals surface area contributed by atoms with Crippen LogP contribution in [-0.2, 0) is 10.2 Å². The highest BCUT2D eigenvalue weighted by molar-refractivity contribution is 6.31. The van der Waals surface area contributed by atoms with E-state index in [1.807, 2.05) is 0 Å². The molecule has 2 N–H and O–H groups in total. The molecule has 0 radical (unpaired) electrons. The minimum Gasteiger partial charge on any atom is -0.508 e. The van der Waals surface area contributed by atoms with E-state index in [9.17, 15) is 15.0 Å². The van der Waals surface area contributed by atoms with Crippen molar-refractivity contribution >= 4 is 17.6 Å². The topological polar surface area (TPSA) is 57.5 Å². The second-order valence-corrected chi connectivity index (χ2v) is 4.77. The highest BCUT2D eigenvalue weighted by Crippen LogP contribution is 2.48. The van der Waals surface area contributed by atoms with E-state index < -0.39 is 11.4 Å². The van der Waals surface area contributed by atoms with E-state index in [0.29, 0.717) is 23.4 Å². The molecule has 0 unspecified atom stereocenters. The predicted molar refractivity (Wildman–Crippen MR) is 61.0 cm³/mol. The maximum atomic E-state index is 11.3. The van der Waals surface area contributed by atoms with Crippen molar-refractivity contribution in [1.29, 1.82) is 0 Å². The van der Waals surface area contributed by atoms with E-state index in [4.69, 9.17) is 11.6 Å². The van der Waals surface area contributed by atoms with Crippen LogP contribution in [0.2, 0.25) is 5.02 Å². The summed E-state index contributed by atoms with van der Waals surface area (Å²) in [5.41, 5.74) is 0.270. The quantitative estimate of drug-likeness (QED) is 0.836. The van der Waals surface area contributed by atoms with Gasteiger partial charge in [-0.15, -0.1) is 0 Å². The summed E-state index contributed by atoms with van der Waals surface area (Å²) in [4.78, 5) is 11.3. The van der Waals surface area contributed by atoms with Crippen molar-refractivity contribution in [3.63, 3.8) is 0 Å². The maximum absolute atomic E-state index is 11.3. The van der Waals surface area contributed by atoms with E-state index >= 15 is 0 Å². The van der Waals surface area contributed by atoms with Gasteiger partial charge in [0.15, 0.2) is 0 Å². The first-order valence-corrected chi connectivity index (χ1v) is 5.58. The molecule has 1 fully saturated rings. The molecule has 1 saturated carbocycles. The molecule has 16 heavy (non-hydrogen) atoms. The Hall–Kier alpha value is -1.22. The van der Waals surface area contributed by atoms with E-state index in [2.05, 4.69) is 0 Å². The molecule has 0 aromatic heterocycles. The fraction of sp³-hybridized carbons (Fsp3) is 0.417. The van der Waals surface area contributed by atoms with Gasteiger partial charge in [-0.3, -0.25) is 4.79 Å². The summed E-state index contributed by atoms with van der Waals surface area (Å²) >= 11 is 5.97. The molecule has 86 valence electrons. The molecule has 2 rings (SSSR count). The molecular weight excluding hydrogens is 228 g/mol. The van der Waals surface area contributed by atoms with Crippen molar-refractivity contribution in [3.8, 4) is 5.75 Å². The summed E-state index contributed by atoms with van der Waals surface area (Å²) in [6.45, 7) is 1.78. The van der Waals surface area contributed by atoms with Gasteiger partial charge in [0.05, 0.1) is 5.41 Å². The maximum Gasteiger partial charge on any atom is 0.314 e. The average molecular weight is 241 g/mol. The molecule has 1 aromatic rings. The van der Waals surface area contributed by atoms with Gasteiger partial charge in [0.2, 0.25) is 0 Å². The van der Waals surface area contributed by atoms with Gasteiger partial charge in [-0.05, 0) is 37.5 Å². The van der Waals surface area contributed by atoms with Crippen LogP contribution in [0.25, 0.3) is 0 Å². The third-order valence-corrected chi connectivity index (χ3v) is 3.82. The van der Waals surface area contributed by atoms with Crippen LogP contribution in [0.3, 0.4) is 0 Å². The zero-order valence-corrected chi connectivity index (χ0v) is 9.71. The molecule has 0 amide bonds. The monoisotopic (exact) mass is 240 g/mol. The number of rotatable bonds is 2. The van der Waals surface area contributed by atoms with E-state index in [1.165, 1.54) is 6.07 Å². The molecule has 0 saturated heterocycles. The molecule has 1 aliphatic rings. The zero-order valence-electron chi connectivity index (χ0n) is 8.96. The van der Waals surface area contributed by atoms with E-state index in [1.54, 1.807) is 13.0 Å². The highest BCUT2D eigenvalue weighted by Gasteiger charge is 2.47. The van der Waals surface area contributed by atoms with E-state index in [-0.39, 0.29) is 5.75 Å². The van der Waals surface area contributed by atoms with Crippen LogP contribution < -0.4 is 0 Å². The second kappa shape index (κ2) is 3.67. The minimum absolute atomic E-state index is 0.0315. The number of phenolic OH excluding ortho intramolecular Hbond substituents is 1. The third kappa shape index (κ3) is 1.47. The Morgan fingerprint density at radius 1 is 1.44 bits per heavy atom. The van der Waals surface area contributed by atoms with Gasteiger partial charge in [-0.2, -0.15) is 0 Å². The lowest BCUT2D eigenvalue weighted by atomic mass is 9.64. The van der Waals surface area contributed by atoms with Crippen LogP contribution in [0.5, 0.6) is 5.75 Å². The van der Waals surface area contributed by atoms with Gasteiger partial charge in [0, 0.05) is 10.6 Å². The summed E-state index contributed by atoms with van der Waals surface area (Å²) < 4.78 is 0. The zero-order chi connectivity index (χ0) is 11.9. The molecule has 4 heteroatoms. The first-order valence-electron chi connectivity index (χ1n) is 5.20. The number of hydrogen-bond acceptors (Lipinski definition) is 2. The van der Waals surface area contributed by atoms with Crippen molar-refractivity contribution in [3.05, 3.63) is 28.3 Å². The Morgan fingerprint density at radius 2 is 2.06 bits per heavy atom. The van der Waals surface area contributed by atoms with E-state index in [0.717, 1.165) is 12.0 Å². The number of hydrogen-bond donors (Lipinski definition) is 2. The van der Waals surface area contributed by atoms with Crippen molar-refractivity contribution in [2.45, 2.75) is 31.6 Å². The molecule has 0 bridgehead atoms. The Balaban J connectivity index is 2.55. The SMILES string of the molecule is Cc1cc(O)c(C2(C(=O)O)CCC2)cc1Cl. The summed E-state index contributed by atoms with van der Waals surface area (Å²) in [5.74, 6) is -0.849. The molecule has 1 aromatic carbocycles. The number of aliphatic carboxylic acids is 1. The Kier molecular flexibility index (Phi) is 2.58. The Labute approximate surface area is 98.7 Å². The van der Waals surface area contributed by atoms with Gasteiger partial charge in [0.1, 0.15) is 5.75 Å². The van der Waals surface area contributed by atoms with Gasteiger partial charge in [0.25, 0.3) is 0 Å². The number of carboxylic acid groups (broad SMARTS) is 1.